The Morgan fingerprint density at radius 2 is 1.76 bits per heavy atom. The second kappa shape index (κ2) is 6.36. The molecule has 25 heavy (non-hydrogen) atoms. The minimum Gasteiger partial charge on any atom is -0.481 e. The van der Waals surface area contributed by atoms with E-state index in [1.807, 2.05) is 30.3 Å². The number of rotatable bonds is 3. The molecule has 0 saturated carbocycles. The van der Waals surface area contributed by atoms with E-state index >= 15 is 0 Å². The minimum atomic E-state index is -0.870. The van der Waals surface area contributed by atoms with E-state index in [9.17, 15) is 14.7 Å². The number of hydrogen-bond donors (Lipinski definition) is 1. The molecule has 4 nitrogen and oxygen atoms in total. The summed E-state index contributed by atoms with van der Waals surface area (Å²) in [6, 6.07) is 15.7. The van der Waals surface area contributed by atoms with Crippen molar-refractivity contribution in [2.24, 2.45) is 0 Å². The molecule has 2 aromatic rings. The van der Waals surface area contributed by atoms with Gasteiger partial charge in [-0.1, -0.05) is 42.5 Å². The highest BCUT2D eigenvalue weighted by Crippen LogP contribution is 2.39. The van der Waals surface area contributed by atoms with Crippen LogP contribution in [0.3, 0.4) is 0 Å². The summed E-state index contributed by atoms with van der Waals surface area (Å²) in [6.07, 6.45) is 3.64. The number of anilines is 1. The highest BCUT2D eigenvalue weighted by molar-refractivity contribution is 5.99. The quantitative estimate of drug-likeness (QED) is 0.930. The van der Waals surface area contributed by atoms with Gasteiger partial charge in [0.1, 0.15) is 5.92 Å². The zero-order valence-corrected chi connectivity index (χ0v) is 14.0. The zero-order valence-electron chi connectivity index (χ0n) is 14.0. The number of carboxylic acid groups (broad SMARTS) is 1. The molecule has 128 valence electrons. The SMILES string of the molecule is O=C(O)C1CN(C(=O)CC2CCCc3ccccc32)c2ccccc21. The number of carboxylic acids is 1. The second-order valence-corrected chi connectivity index (χ2v) is 6.95. The summed E-state index contributed by atoms with van der Waals surface area (Å²) in [4.78, 5) is 26.2. The molecule has 0 spiro atoms. The van der Waals surface area contributed by atoms with Crippen molar-refractivity contribution in [2.45, 2.75) is 37.5 Å². The van der Waals surface area contributed by atoms with E-state index in [1.54, 1.807) is 4.90 Å². The molecular weight excluding hydrogens is 314 g/mol. The summed E-state index contributed by atoms with van der Waals surface area (Å²) >= 11 is 0. The molecule has 2 atom stereocenters. The van der Waals surface area contributed by atoms with E-state index in [1.165, 1.54) is 11.1 Å². The molecular formula is C21H21NO3. The molecule has 0 radical (unpaired) electrons. The van der Waals surface area contributed by atoms with Gasteiger partial charge >= 0.3 is 5.97 Å². The van der Waals surface area contributed by atoms with Crippen LogP contribution in [0, 0.1) is 0 Å². The Labute approximate surface area is 147 Å². The lowest BCUT2D eigenvalue weighted by Crippen LogP contribution is -2.32. The van der Waals surface area contributed by atoms with Crippen molar-refractivity contribution in [3.63, 3.8) is 0 Å². The number of amides is 1. The largest absolute Gasteiger partial charge is 0.481 e. The Kier molecular flexibility index (Phi) is 4.04. The monoisotopic (exact) mass is 335 g/mol. The summed E-state index contributed by atoms with van der Waals surface area (Å²) in [7, 11) is 0. The van der Waals surface area contributed by atoms with E-state index < -0.39 is 11.9 Å². The number of hydrogen-bond acceptors (Lipinski definition) is 2. The first-order valence-corrected chi connectivity index (χ1v) is 8.85. The third-order valence-electron chi connectivity index (χ3n) is 5.48. The van der Waals surface area contributed by atoms with E-state index in [0.29, 0.717) is 6.42 Å². The van der Waals surface area contributed by atoms with E-state index in [4.69, 9.17) is 0 Å². The van der Waals surface area contributed by atoms with Gasteiger partial charge in [0, 0.05) is 18.7 Å². The molecule has 1 N–H and O–H groups in total. The van der Waals surface area contributed by atoms with E-state index in [2.05, 4.69) is 18.2 Å². The maximum Gasteiger partial charge on any atom is 0.312 e. The fourth-order valence-corrected chi connectivity index (χ4v) is 4.24. The lowest BCUT2D eigenvalue weighted by Gasteiger charge is -2.27. The normalized spacial score (nSPS) is 21.5. The first kappa shape index (κ1) is 15.9. The number of aliphatic carboxylic acids is 1. The fourth-order valence-electron chi connectivity index (χ4n) is 4.24. The number of carbonyl (C=O) groups is 2. The fraction of sp³-hybridized carbons (Fsp3) is 0.333. The number of carbonyl (C=O) groups excluding carboxylic acids is 1. The molecule has 0 aromatic heterocycles. The summed E-state index contributed by atoms with van der Waals surface area (Å²) in [6.45, 7) is 0.238. The average molecular weight is 335 g/mol. The zero-order chi connectivity index (χ0) is 17.4. The predicted molar refractivity (Wildman–Crippen MR) is 95.9 cm³/mol. The molecule has 4 rings (SSSR count). The van der Waals surface area contributed by atoms with Gasteiger partial charge in [0.15, 0.2) is 0 Å². The van der Waals surface area contributed by atoms with Crippen LogP contribution in [0.1, 0.15) is 47.8 Å². The van der Waals surface area contributed by atoms with E-state index in [0.717, 1.165) is 30.5 Å². The lowest BCUT2D eigenvalue weighted by atomic mass is 9.81. The van der Waals surface area contributed by atoms with Crippen LogP contribution in [-0.4, -0.2) is 23.5 Å². The van der Waals surface area contributed by atoms with Crippen LogP contribution in [0.2, 0.25) is 0 Å². The van der Waals surface area contributed by atoms with Gasteiger partial charge in [-0.2, -0.15) is 0 Å². The van der Waals surface area contributed by atoms with Crippen molar-refractivity contribution < 1.29 is 14.7 Å². The summed E-state index contributed by atoms with van der Waals surface area (Å²) < 4.78 is 0. The third-order valence-corrected chi connectivity index (χ3v) is 5.48. The molecule has 2 unspecified atom stereocenters. The van der Waals surface area contributed by atoms with Gasteiger partial charge < -0.3 is 10.0 Å². The first-order valence-electron chi connectivity index (χ1n) is 8.85. The topological polar surface area (TPSA) is 57.6 Å². The molecule has 4 heteroatoms. The van der Waals surface area contributed by atoms with Crippen LogP contribution >= 0.6 is 0 Å². The van der Waals surface area contributed by atoms with Crippen LogP contribution in [0.4, 0.5) is 5.69 Å². The first-order chi connectivity index (χ1) is 12.1. The van der Waals surface area contributed by atoms with Gasteiger partial charge in [-0.15, -0.1) is 0 Å². The Bertz CT molecular complexity index is 829. The molecule has 1 aliphatic heterocycles. The number of aryl methyl sites for hydroxylation is 1. The van der Waals surface area contributed by atoms with Crippen molar-refractivity contribution in [2.75, 3.05) is 11.4 Å². The van der Waals surface area contributed by atoms with Gasteiger partial charge in [0.05, 0.1) is 0 Å². The van der Waals surface area contributed by atoms with Gasteiger partial charge in [-0.3, -0.25) is 9.59 Å². The summed E-state index contributed by atoms with van der Waals surface area (Å²) in [5.41, 5.74) is 4.12. The molecule has 1 aliphatic carbocycles. The molecule has 1 amide bonds. The van der Waals surface area contributed by atoms with Crippen LogP contribution in [0.15, 0.2) is 48.5 Å². The molecule has 2 aromatic carbocycles. The summed E-state index contributed by atoms with van der Waals surface area (Å²) in [5.74, 6) is -1.24. The maximum atomic E-state index is 13.0. The van der Waals surface area contributed by atoms with Crippen LogP contribution in [0.5, 0.6) is 0 Å². The average Bonchev–Trinajstić information content (AvgIpc) is 3.02. The van der Waals surface area contributed by atoms with E-state index in [-0.39, 0.29) is 18.4 Å². The second-order valence-electron chi connectivity index (χ2n) is 6.95. The van der Waals surface area contributed by atoms with Gasteiger partial charge in [-0.05, 0) is 47.9 Å². The number of nitrogens with zero attached hydrogens (tertiary/aromatic N) is 1. The van der Waals surface area contributed by atoms with Crippen molar-refractivity contribution in [3.05, 3.63) is 65.2 Å². The Balaban J connectivity index is 1.58. The highest BCUT2D eigenvalue weighted by atomic mass is 16.4. The third kappa shape index (κ3) is 2.82. The predicted octanol–water partition coefficient (Wildman–Crippen LogP) is 3.71. The van der Waals surface area contributed by atoms with Crippen LogP contribution in [0.25, 0.3) is 0 Å². The van der Waals surface area contributed by atoms with Crippen molar-refractivity contribution >= 4 is 17.6 Å². The maximum absolute atomic E-state index is 13.0. The number of benzene rings is 2. The van der Waals surface area contributed by atoms with Crippen LogP contribution < -0.4 is 4.90 Å². The molecule has 2 aliphatic rings. The smallest absolute Gasteiger partial charge is 0.312 e. The number of para-hydroxylation sites is 1. The molecule has 0 fully saturated rings. The molecule has 1 heterocycles. The molecule has 0 bridgehead atoms. The van der Waals surface area contributed by atoms with Gasteiger partial charge in [0.25, 0.3) is 0 Å². The molecule has 0 saturated heterocycles. The van der Waals surface area contributed by atoms with Gasteiger partial charge in [-0.25, -0.2) is 0 Å². The van der Waals surface area contributed by atoms with Gasteiger partial charge in [0.2, 0.25) is 5.91 Å². The van der Waals surface area contributed by atoms with Crippen molar-refractivity contribution in [1.82, 2.24) is 0 Å². The Hall–Kier alpha value is -2.62. The lowest BCUT2D eigenvalue weighted by molar-refractivity contribution is -0.138. The number of fused-ring (bicyclic) bond motifs is 2. The highest BCUT2D eigenvalue weighted by Gasteiger charge is 2.37. The van der Waals surface area contributed by atoms with Crippen LogP contribution in [-0.2, 0) is 16.0 Å². The Morgan fingerprint density at radius 3 is 2.56 bits per heavy atom. The van der Waals surface area contributed by atoms with Crippen molar-refractivity contribution in [1.29, 1.82) is 0 Å². The van der Waals surface area contributed by atoms with Crippen molar-refractivity contribution in [3.8, 4) is 0 Å². The Morgan fingerprint density at radius 1 is 1.04 bits per heavy atom. The standard InChI is InChI=1S/C21H21NO3/c23-20(12-15-8-5-7-14-6-1-2-9-16(14)15)22-13-18(21(24)25)17-10-3-4-11-19(17)22/h1-4,6,9-11,15,18H,5,7-8,12-13H2,(H,24,25). The summed E-state index contributed by atoms with van der Waals surface area (Å²) in [5, 5.41) is 9.47. The minimum absolute atomic E-state index is 0.0258.